The molecule has 110 valence electrons. The van der Waals surface area contributed by atoms with Gasteiger partial charge in [-0.3, -0.25) is 15.2 Å². The summed E-state index contributed by atoms with van der Waals surface area (Å²) in [5, 5.41) is 7.07. The zero-order chi connectivity index (χ0) is 13.9. The average molecular weight is 302 g/mol. The summed E-state index contributed by atoms with van der Waals surface area (Å²) in [6.45, 7) is 3.62. The smallest absolute Gasteiger partial charge is 0.320 e. The van der Waals surface area contributed by atoms with E-state index in [2.05, 4.69) is 15.4 Å². The lowest BCUT2D eigenvalue weighted by atomic mass is 10.00. The highest BCUT2D eigenvalue weighted by Crippen LogP contribution is 2.26. The molecule has 1 aromatic rings. The highest BCUT2D eigenvalue weighted by molar-refractivity contribution is 5.93. The highest BCUT2D eigenvalue weighted by atomic mass is 35.5. The number of nitrogens with zero attached hydrogens (tertiary/aromatic N) is 2. The van der Waals surface area contributed by atoms with Crippen LogP contribution < -0.4 is 11.1 Å². The third-order valence-electron chi connectivity index (χ3n) is 2.55. The third-order valence-corrected chi connectivity index (χ3v) is 2.55. The standard InChI is InChI=1S/C9H14F3N5O.ClH/c1-3-4(2)5(13)6(18)14-8-15-7(16-17-8)9(10,11)12;/h4-5H,3,13H2,1-2H3,(H2,14,15,16,17,18);1H. The normalized spacial score (nSPS) is 14.4. The number of alkyl halides is 3. The molecule has 1 heterocycles. The number of nitrogens with one attached hydrogen (secondary N) is 2. The molecular weight excluding hydrogens is 287 g/mol. The minimum Gasteiger partial charge on any atom is -0.320 e. The second kappa shape index (κ2) is 6.71. The summed E-state index contributed by atoms with van der Waals surface area (Å²) in [6, 6.07) is -0.817. The fraction of sp³-hybridized carbons (Fsp3) is 0.667. The maximum atomic E-state index is 12.2. The number of hydrogen-bond donors (Lipinski definition) is 3. The predicted octanol–water partition coefficient (Wildman–Crippen LogP) is 1.56. The summed E-state index contributed by atoms with van der Waals surface area (Å²) in [5.74, 6) is -2.41. The average Bonchev–Trinajstić information content (AvgIpc) is 2.75. The lowest BCUT2D eigenvalue weighted by molar-refractivity contribution is -0.144. The van der Waals surface area contributed by atoms with E-state index in [1.54, 1.807) is 12.0 Å². The molecule has 0 fully saturated rings. The van der Waals surface area contributed by atoms with Crippen molar-refractivity contribution in [1.29, 1.82) is 0 Å². The van der Waals surface area contributed by atoms with Crippen LogP contribution in [0.3, 0.4) is 0 Å². The molecule has 1 rings (SSSR count). The van der Waals surface area contributed by atoms with Gasteiger partial charge in [0.15, 0.2) is 0 Å². The van der Waals surface area contributed by atoms with Crippen molar-refractivity contribution < 1.29 is 18.0 Å². The molecule has 0 saturated heterocycles. The van der Waals surface area contributed by atoms with Gasteiger partial charge >= 0.3 is 6.18 Å². The van der Waals surface area contributed by atoms with Crippen LogP contribution in [0.25, 0.3) is 0 Å². The molecule has 19 heavy (non-hydrogen) atoms. The molecule has 0 radical (unpaired) electrons. The molecule has 0 aliphatic carbocycles. The molecule has 0 aliphatic rings. The maximum absolute atomic E-state index is 12.2. The van der Waals surface area contributed by atoms with E-state index in [9.17, 15) is 18.0 Å². The first-order chi connectivity index (χ1) is 8.25. The van der Waals surface area contributed by atoms with Crippen molar-refractivity contribution in [2.24, 2.45) is 11.7 Å². The van der Waals surface area contributed by atoms with E-state index in [4.69, 9.17) is 5.73 Å². The Morgan fingerprint density at radius 1 is 1.53 bits per heavy atom. The van der Waals surface area contributed by atoms with Gasteiger partial charge in [0.1, 0.15) is 0 Å². The molecule has 0 aromatic carbocycles. The van der Waals surface area contributed by atoms with E-state index in [0.717, 1.165) is 0 Å². The molecule has 0 saturated carbocycles. The molecule has 2 unspecified atom stereocenters. The van der Waals surface area contributed by atoms with E-state index in [1.165, 1.54) is 0 Å². The monoisotopic (exact) mass is 301 g/mol. The lowest BCUT2D eigenvalue weighted by Gasteiger charge is -2.16. The number of anilines is 1. The van der Waals surface area contributed by atoms with Gasteiger partial charge in [-0.25, -0.2) is 0 Å². The predicted molar refractivity (Wildman–Crippen MR) is 64.7 cm³/mol. The minimum atomic E-state index is -4.63. The molecule has 0 bridgehead atoms. The molecule has 10 heteroatoms. The largest absolute Gasteiger partial charge is 0.451 e. The second-order valence-electron chi connectivity index (χ2n) is 3.91. The molecule has 6 nitrogen and oxygen atoms in total. The summed E-state index contributed by atoms with van der Waals surface area (Å²) in [5.41, 5.74) is 5.61. The number of carbonyl (C=O) groups excluding carboxylic acids is 1. The van der Waals surface area contributed by atoms with Gasteiger partial charge in [0, 0.05) is 0 Å². The van der Waals surface area contributed by atoms with Crippen LogP contribution in [0.4, 0.5) is 19.1 Å². The number of H-pyrrole nitrogens is 1. The number of nitrogens with two attached hydrogens (primary N) is 1. The van der Waals surface area contributed by atoms with Crippen LogP contribution in [0.1, 0.15) is 26.1 Å². The number of aromatic nitrogens is 3. The van der Waals surface area contributed by atoms with Crippen molar-refractivity contribution in [2.45, 2.75) is 32.5 Å². The van der Waals surface area contributed by atoms with E-state index in [1.807, 2.05) is 6.92 Å². The van der Waals surface area contributed by atoms with Gasteiger partial charge in [0.25, 0.3) is 0 Å². The second-order valence-corrected chi connectivity index (χ2v) is 3.91. The Labute approximate surface area is 113 Å². The Kier molecular flexibility index (Phi) is 6.23. The van der Waals surface area contributed by atoms with E-state index >= 15 is 0 Å². The fourth-order valence-corrected chi connectivity index (χ4v) is 1.15. The first-order valence-electron chi connectivity index (χ1n) is 5.31. The fourth-order valence-electron chi connectivity index (χ4n) is 1.15. The SMILES string of the molecule is CCC(C)C(N)C(=O)Nc1n[nH]c(C(F)(F)F)n1.Cl. The van der Waals surface area contributed by atoms with Gasteiger partial charge < -0.3 is 5.73 Å². The molecule has 0 spiro atoms. The molecule has 2 atom stereocenters. The van der Waals surface area contributed by atoms with Gasteiger partial charge in [-0.05, 0) is 5.92 Å². The van der Waals surface area contributed by atoms with Gasteiger partial charge in [-0.1, -0.05) is 20.3 Å². The zero-order valence-electron chi connectivity index (χ0n) is 10.3. The van der Waals surface area contributed by atoms with Crippen LogP contribution >= 0.6 is 12.4 Å². The van der Waals surface area contributed by atoms with Gasteiger partial charge in [-0.15, -0.1) is 17.5 Å². The van der Waals surface area contributed by atoms with Crippen molar-refractivity contribution in [3.8, 4) is 0 Å². The highest BCUT2D eigenvalue weighted by Gasteiger charge is 2.35. The number of halogens is 4. The Morgan fingerprint density at radius 2 is 2.11 bits per heavy atom. The summed E-state index contributed by atoms with van der Waals surface area (Å²) in [4.78, 5) is 14.7. The van der Waals surface area contributed by atoms with Crippen LogP contribution in [-0.2, 0) is 11.0 Å². The molecule has 0 aliphatic heterocycles. The summed E-state index contributed by atoms with van der Waals surface area (Å²) in [7, 11) is 0. The first kappa shape index (κ1) is 17.6. The third kappa shape index (κ3) is 4.67. The van der Waals surface area contributed by atoms with Crippen LogP contribution in [0.5, 0.6) is 0 Å². The Balaban J connectivity index is 0.00000324. The quantitative estimate of drug-likeness (QED) is 0.786. The van der Waals surface area contributed by atoms with Crippen molar-refractivity contribution >= 4 is 24.3 Å². The minimum absolute atomic E-state index is 0. The Morgan fingerprint density at radius 3 is 2.53 bits per heavy atom. The topological polar surface area (TPSA) is 96.7 Å². The maximum Gasteiger partial charge on any atom is 0.451 e. The van der Waals surface area contributed by atoms with Gasteiger partial charge in [-0.2, -0.15) is 18.2 Å². The molecule has 4 N–H and O–H groups in total. The van der Waals surface area contributed by atoms with Crippen molar-refractivity contribution in [3.05, 3.63) is 5.82 Å². The number of hydrogen-bond acceptors (Lipinski definition) is 4. The number of carbonyl (C=O) groups is 1. The zero-order valence-corrected chi connectivity index (χ0v) is 11.1. The molecule has 1 amide bonds. The van der Waals surface area contributed by atoms with E-state index in [0.29, 0.717) is 6.42 Å². The van der Waals surface area contributed by atoms with E-state index in [-0.39, 0.29) is 18.3 Å². The Bertz CT molecular complexity index is 422. The van der Waals surface area contributed by atoms with Crippen molar-refractivity contribution in [1.82, 2.24) is 15.2 Å². The summed E-state index contributed by atoms with van der Waals surface area (Å²) in [6.07, 6.45) is -3.95. The Hall–Kier alpha value is -1.35. The molecule has 1 aromatic heterocycles. The number of amides is 1. The van der Waals surface area contributed by atoms with Gasteiger partial charge in [0.05, 0.1) is 6.04 Å². The first-order valence-corrected chi connectivity index (χ1v) is 5.31. The number of rotatable bonds is 4. The summed E-state index contributed by atoms with van der Waals surface area (Å²) >= 11 is 0. The summed E-state index contributed by atoms with van der Waals surface area (Å²) < 4.78 is 36.6. The van der Waals surface area contributed by atoms with Crippen LogP contribution in [0.2, 0.25) is 0 Å². The van der Waals surface area contributed by atoms with Crippen LogP contribution in [0, 0.1) is 5.92 Å². The van der Waals surface area contributed by atoms with Crippen LogP contribution in [0.15, 0.2) is 0 Å². The molecular formula is C9H15ClF3N5O. The van der Waals surface area contributed by atoms with Crippen molar-refractivity contribution in [3.63, 3.8) is 0 Å². The van der Waals surface area contributed by atoms with Gasteiger partial charge in [0.2, 0.25) is 17.7 Å². The van der Waals surface area contributed by atoms with Crippen molar-refractivity contribution in [2.75, 3.05) is 5.32 Å². The lowest BCUT2D eigenvalue weighted by Crippen LogP contribution is -2.40. The van der Waals surface area contributed by atoms with Crippen LogP contribution in [-0.4, -0.2) is 27.1 Å². The number of aromatic amines is 1. The van der Waals surface area contributed by atoms with E-state index < -0.39 is 29.9 Å².